The number of rotatable bonds is 4. The number of aromatic nitrogens is 1. The summed E-state index contributed by atoms with van der Waals surface area (Å²) in [4.78, 5) is 14.5. The average molecular weight is 331 g/mol. The summed E-state index contributed by atoms with van der Waals surface area (Å²) in [5.41, 5.74) is 0.825. The number of halogens is 1. The van der Waals surface area contributed by atoms with Crippen molar-refractivity contribution in [3.05, 3.63) is 41.9 Å². The number of nitrogens with one attached hydrogen (secondary N) is 1. The predicted molar refractivity (Wildman–Crippen MR) is 88.6 cm³/mol. The van der Waals surface area contributed by atoms with Crippen LogP contribution >= 0.6 is 0 Å². The topological polar surface area (TPSA) is 58.4 Å². The van der Waals surface area contributed by atoms with Crippen LogP contribution in [0.4, 0.5) is 4.39 Å². The monoisotopic (exact) mass is 331 g/mol. The molecule has 128 valence electrons. The second kappa shape index (κ2) is 7.57. The van der Waals surface area contributed by atoms with Gasteiger partial charge >= 0.3 is 0 Å². The molecule has 1 atom stereocenters. The molecule has 6 heteroatoms. The Morgan fingerprint density at radius 1 is 1.38 bits per heavy atom. The van der Waals surface area contributed by atoms with Crippen molar-refractivity contribution in [3.8, 4) is 11.3 Å². The minimum absolute atomic E-state index is 0.00300. The van der Waals surface area contributed by atoms with Crippen LogP contribution in [-0.2, 0) is 11.3 Å². The number of hydrogen-bond donors (Lipinski definition) is 1. The van der Waals surface area contributed by atoms with Gasteiger partial charge in [0.1, 0.15) is 11.5 Å². The molecule has 1 aromatic carbocycles. The van der Waals surface area contributed by atoms with Gasteiger partial charge < -0.3 is 9.84 Å². The van der Waals surface area contributed by atoms with Crippen LogP contribution in [0.25, 0.3) is 11.3 Å². The molecule has 2 heterocycles. The van der Waals surface area contributed by atoms with E-state index in [9.17, 15) is 9.18 Å². The maximum atomic E-state index is 13.8. The molecule has 0 bridgehead atoms. The standard InChI is InChI=1S/C18H22FN3O2/c1-22-10-6-2-3-9-17(22)18(23)20-12-13-11-16(21-24-13)14-7-4-5-8-15(14)19/h4-5,7-8,11,17H,2-3,6,9-10,12H2,1H3,(H,20,23)/t17-/m1/s1. The van der Waals surface area contributed by atoms with E-state index >= 15 is 0 Å². The van der Waals surface area contributed by atoms with Gasteiger partial charge in [0.15, 0.2) is 5.76 Å². The minimum atomic E-state index is -0.346. The highest BCUT2D eigenvalue weighted by Gasteiger charge is 2.24. The molecule has 1 N–H and O–H groups in total. The van der Waals surface area contributed by atoms with Gasteiger partial charge in [-0.05, 0) is 38.6 Å². The number of likely N-dealkylation sites (N-methyl/N-ethyl adjacent to an activating group) is 1. The van der Waals surface area contributed by atoms with Gasteiger partial charge in [-0.1, -0.05) is 30.1 Å². The van der Waals surface area contributed by atoms with E-state index in [4.69, 9.17) is 4.52 Å². The molecular formula is C18H22FN3O2. The van der Waals surface area contributed by atoms with Crippen molar-refractivity contribution in [3.63, 3.8) is 0 Å². The van der Waals surface area contributed by atoms with Crippen molar-refractivity contribution in [2.75, 3.05) is 13.6 Å². The Morgan fingerprint density at radius 2 is 2.21 bits per heavy atom. The van der Waals surface area contributed by atoms with Gasteiger partial charge in [-0.25, -0.2) is 4.39 Å². The molecule has 3 rings (SSSR count). The second-order valence-corrected chi connectivity index (χ2v) is 6.22. The molecule has 0 radical (unpaired) electrons. The van der Waals surface area contributed by atoms with E-state index in [2.05, 4.69) is 15.4 Å². The van der Waals surface area contributed by atoms with Crippen molar-refractivity contribution in [1.29, 1.82) is 0 Å². The first-order chi connectivity index (χ1) is 11.6. The van der Waals surface area contributed by atoms with Gasteiger partial charge in [0.2, 0.25) is 5.91 Å². The smallest absolute Gasteiger partial charge is 0.237 e. The third kappa shape index (κ3) is 3.82. The van der Waals surface area contributed by atoms with Crippen LogP contribution in [-0.4, -0.2) is 35.6 Å². The van der Waals surface area contributed by atoms with E-state index < -0.39 is 0 Å². The highest BCUT2D eigenvalue weighted by Crippen LogP contribution is 2.22. The van der Waals surface area contributed by atoms with E-state index in [0.717, 1.165) is 25.8 Å². The van der Waals surface area contributed by atoms with E-state index in [1.807, 2.05) is 7.05 Å². The molecule has 0 unspecified atom stereocenters. The molecule has 1 saturated heterocycles. The number of nitrogens with zero attached hydrogens (tertiary/aromatic N) is 2. The molecule has 0 spiro atoms. The summed E-state index contributed by atoms with van der Waals surface area (Å²) in [6, 6.07) is 7.97. The van der Waals surface area contributed by atoms with Crippen LogP contribution in [0.1, 0.15) is 31.4 Å². The van der Waals surface area contributed by atoms with Crippen molar-refractivity contribution in [1.82, 2.24) is 15.4 Å². The third-order valence-corrected chi connectivity index (χ3v) is 4.47. The Kier molecular flexibility index (Phi) is 5.25. The van der Waals surface area contributed by atoms with E-state index in [-0.39, 0.29) is 24.3 Å². The quantitative estimate of drug-likeness (QED) is 0.936. The average Bonchev–Trinajstić information content (AvgIpc) is 2.94. The molecule has 0 aliphatic carbocycles. The van der Waals surface area contributed by atoms with Crippen LogP contribution in [0.3, 0.4) is 0 Å². The van der Waals surface area contributed by atoms with Crippen LogP contribution in [0.15, 0.2) is 34.9 Å². The Morgan fingerprint density at radius 3 is 3.04 bits per heavy atom. The first-order valence-corrected chi connectivity index (χ1v) is 8.33. The molecule has 1 aliphatic heterocycles. The highest BCUT2D eigenvalue weighted by molar-refractivity contribution is 5.81. The molecule has 2 aromatic rings. The fourth-order valence-corrected chi connectivity index (χ4v) is 3.07. The van der Waals surface area contributed by atoms with E-state index in [0.29, 0.717) is 17.0 Å². The summed E-state index contributed by atoms with van der Waals surface area (Å²) in [5, 5.41) is 6.79. The Hall–Kier alpha value is -2.21. The van der Waals surface area contributed by atoms with Crippen molar-refractivity contribution < 1.29 is 13.7 Å². The molecule has 5 nitrogen and oxygen atoms in total. The van der Waals surface area contributed by atoms with Crippen molar-refractivity contribution >= 4 is 5.91 Å². The van der Waals surface area contributed by atoms with Gasteiger partial charge in [-0.2, -0.15) is 0 Å². The summed E-state index contributed by atoms with van der Waals surface area (Å²) in [6.07, 6.45) is 4.25. The molecule has 1 aromatic heterocycles. The fourth-order valence-electron chi connectivity index (χ4n) is 3.07. The number of amides is 1. The fraction of sp³-hybridized carbons (Fsp3) is 0.444. The zero-order valence-electron chi connectivity index (χ0n) is 13.8. The van der Waals surface area contributed by atoms with E-state index in [1.54, 1.807) is 24.3 Å². The molecular weight excluding hydrogens is 309 g/mol. The largest absolute Gasteiger partial charge is 0.359 e. The van der Waals surface area contributed by atoms with Gasteiger partial charge in [-0.3, -0.25) is 9.69 Å². The Bertz CT molecular complexity index is 701. The van der Waals surface area contributed by atoms with Gasteiger partial charge in [0.25, 0.3) is 0 Å². The van der Waals surface area contributed by atoms with Crippen molar-refractivity contribution in [2.24, 2.45) is 0 Å². The Labute approximate surface area is 140 Å². The van der Waals surface area contributed by atoms with Crippen LogP contribution in [0, 0.1) is 5.82 Å². The SMILES string of the molecule is CN1CCCCC[C@@H]1C(=O)NCc1cc(-c2ccccc2F)no1. The number of likely N-dealkylation sites (tertiary alicyclic amines) is 1. The lowest BCUT2D eigenvalue weighted by molar-refractivity contribution is -0.126. The van der Waals surface area contributed by atoms with Gasteiger partial charge in [0.05, 0.1) is 12.6 Å². The zero-order valence-corrected chi connectivity index (χ0v) is 13.8. The maximum absolute atomic E-state index is 13.8. The molecule has 24 heavy (non-hydrogen) atoms. The maximum Gasteiger partial charge on any atom is 0.237 e. The van der Waals surface area contributed by atoms with Gasteiger partial charge in [0, 0.05) is 11.6 Å². The third-order valence-electron chi connectivity index (χ3n) is 4.47. The normalized spacial score (nSPS) is 19.0. The summed E-state index contributed by atoms with van der Waals surface area (Å²) in [5.74, 6) is 0.169. The number of benzene rings is 1. The second-order valence-electron chi connectivity index (χ2n) is 6.22. The summed E-state index contributed by atoms with van der Waals surface area (Å²) in [7, 11) is 1.99. The lowest BCUT2D eigenvalue weighted by Gasteiger charge is -2.24. The number of carbonyl (C=O) groups is 1. The van der Waals surface area contributed by atoms with Crippen LogP contribution < -0.4 is 5.32 Å². The molecule has 1 amide bonds. The lowest BCUT2D eigenvalue weighted by atomic mass is 10.1. The number of hydrogen-bond acceptors (Lipinski definition) is 4. The summed E-state index contributed by atoms with van der Waals surface area (Å²) < 4.78 is 19.0. The zero-order chi connectivity index (χ0) is 16.9. The minimum Gasteiger partial charge on any atom is -0.359 e. The lowest BCUT2D eigenvalue weighted by Crippen LogP contribution is -2.44. The summed E-state index contributed by atoms with van der Waals surface area (Å²) in [6.45, 7) is 1.20. The highest BCUT2D eigenvalue weighted by atomic mass is 19.1. The van der Waals surface area contributed by atoms with E-state index in [1.165, 1.54) is 12.5 Å². The summed E-state index contributed by atoms with van der Waals surface area (Å²) >= 11 is 0. The van der Waals surface area contributed by atoms with Crippen LogP contribution in [0.2, 0.25) is 0 Å². The molecule has 1 aliphatic rings. The first-order valence-electron chi connectivity index (χ1n) is 8.33. The molecule has 0 saturated carbocycles. The van der Waals surface area contributed by atoms with Crippen LogP contribution in [0.5, 0.6) is 0 Å². The first kappa shape index (κ1) is 16.6. The molecule has 1 fully saturated rings. The van der Waals surface area contributed by atoms with Crippen molar-refractivity contribution in [2.45, 2.75) is 38.3 Å². The Balaban J connectivity index is 1.61. The van der Waals surface area contributed by atoms with Gasteiger partial charge in [-0.15, -0.1) is 0 Å². The predicted octanol–water partition coefficient (Wildman–Crippen LogP) is 2.97. The number of carbonyl (C=O) groups excluding carboxylic acids is 1.